The molecule has 1 aromatic heterocycles. The standard InChI is InChI=1S/C24H35N5O5/c1-17-12-28(18(2)15-30)23(31)5-4-10-29-21(11-25-26-29)16-34-22(17)14-27(3)13-19-6-8-20(9-7-19)24(32)33/h6-9,11,17-18,22,30H,4-5,10,12-16H2,1-3H3,(H,32,33)/t17-,18+,22+/m1/s1. The number of aromatic nitrogens is 3. The van der Waals surface area contributed by atoms with Gasteiger partial charge in [0.25, 0.3) is 0 Å². The number of hydrogen-bond donors (Lipinski definition) is 2. The minimum atomic E-state index is -0.944. The van der Waals surface area contributed by atoms with E-state index < -0.39 is 5.97 Å². The fourth-order valence-electron chi connectivity index (χ4n) is 4.18. The molecule has 186 valence electrons. The Morgan fingerprint density at radius 2 is 2.06 bits per heavy atom. The predicted molar refractivity (Wildman–Crippen MR) is 125 cm³/mol. The maximum absolute atomic E-state index is 12.9. The summed E-state index contributed by atoms with van der Waals surface area (Å²) in [6.45, 7) is 6.50. The number of carboxylic acids is 1. The van der Waals surface area contributed by atoms with E-state index in [9.17, 15) is 14.7 Å². The lowest BCUT2D eigenvalue weighted by molar-refractivity contribution is -0.136. The fourth-order valence-corrected chi connectivity index (χ4v) is 4.18. The molecular weight excluding hydrogens is 438 g/mol. The van der Waals surface area contributed by atoms with Crippen LogP contribution in [0, 0.1) is 5.92 Å². The van der Waals surface area contributed by atoms with Crippen molar-refractivity contribution in [2.24, 2.45) is 5.92 Å². The molecule has 10 nitrogen and oxygen atoms in total. The molecule has 1 amide bonds. The molecule has 1 aromatic carbocycles. The van der Waals surface area contributed by atoms with Crippen molar-refractivity contribution < 1.29 is 24.5 Å². The summed E-state index contributed by atoms with van der Waals surface area (Å²) in [5.74, 6) is -0.917. The molecule has 0 bridgehead atoms. The second kappa shape index (κ2) is 12.0. The van der Waals surface area contributed by atoms with Gasteiger partial charge in [-0.15, -0.1) is 5.10 Å². The minimum absolute atomic E-state index is 0.0125. The SMILES string of the molecule is C[C@@H]1CN([C@@H](C)CO)C(=O)CCCn2nncc2CO[C@H]1CN(C)Cc1ccc(C(=O)O)cc1. The van der Waals surface area contributed by atoms with Gasteiger partial charge in [-0.05, 0) is 38.1 Å². The van der Waals surface area contributed by atoms with Gasteiger partial charge in [-0.1, -0.05) is 24.3 Å². The van der Waals surface area contributed by atoms with Gasteiger partial charge in [0.1, 0.15) is 0 Å². The van der Waals surface area contributed by atoms with Crippen LogP contribution in [0.3, 0.4) is 0 Å². The van der Waals surface area contributed by atoms with E-state index in [-0.39, 0.29) is 36.1 Å². The van der Waals surface area contributed by atoms with Gasteiger partial charge in [-0.25, -0.2) is 9.48 Å². The number of aromatic carboxylic acids is 1. The number of fused-ring (bicyclic) bond motifs is 1. The lowest BCUT2D eigenvalue weighted by Crippen LogP contribution is -2.47. The number of aliphatic hydroxyl groups excluding tert-OH is 1. The van der Waals surface area contributed by atoms with E-state index in [0.717, 1.165) is 11.3 Å². The highest BCUT2D eigenvalue weighted by atomic mass is 16.5. The monoisotopic (exact) mass is 473 g/mol. The molecule has 3 rings (SSSR count). The van der Waals surface area contributed by atoms with E-state index >= 15 is 0 Å². The Bertz CT molecular complexity index is 947. The topological polar surface area (TPSA) is 121 Å². The number of carbonyl (C=O) groups is 2. The number of carbonyl (C=O) groups excluding carboxylic acids is 1. The van der Waals surface area contributed by atoms with Gasteiger partial charge in [0, 0.05) is 38.5 Å². The second-order valence-electron chi connectivity index (χ2n) is 9.16. The van der Waals surface area contributed by atoms with E-state index in [0.29, 0.717) is 45.6 Å². The highest BCUT2D eigenvalue weighted by Gasteiger charge is 2.28. The normalized spacial score (nSPS) is 21.0. The average molecular weight is 474 g/mol. The van der Waals surface area contributed by atoms with Crippen molar-refractivity contribution in [1.29, 1.82) is 0 Å². The summed E-state index contributed by atoms with van der Waals surface area (Å²) in [5, 5.41) is 27.0. The van der Waals surface area contributed by atoms with Gasteiger partial charge < -0.3 is 19.8 Å². The Morgan fingerprint density at radius 1 is 1.32 bits per heavy atom. The first-order chi connectivity index (χ1) is 16.3. The number of aliphatic hydroxyl groups is 1. The maximum Gasteiger partial charge on any atom is 0.335 e. The molecule has 0 fully saturated rings. The Labute approximate surface area is 200 Å². The third-order valence-electron chi connectivity index (χ3n) is 6.28. The molecule has 0 radical (unpaired) electrons. The largest absolute Gasteiger partial charge is 0.478 e. The molecule has 10 heteroatoms. The number of aryl methyl sites for hydroxylation is 1. The van der Waals surface area contributed by atoms with Crippen molar-refractivity contribution in [3.8, 4) is 0 Å². The van der Waals surface area contributed by atoms with Gasteiger partial charge in [-0.2, -0.15) is 0 Å². The number of benzene rings is 1. The van der Waals surface area contributed by atoms with Crippen molar-refractivity contribution in [2.75, 3.05) is 26.7 Å². The van der Waals surface area contributed by atoms with Crippen molar-refractivity contribution in [3.63, 3.8) is 0 Å². The molecule has 1 aliphatic heterocycles. The van der Waals surface area contributed by atoms with E-state index in [2.05, 4.69) is 22.1 Å². The number of rotatable bonds is 7. The third-order valence-corrected chi connectivity index (χ3v) is 6.28. The minimum Gasteiger partial charge on any atom is -0.478 e. The number of likely N-dealkylation sites (N-methyl/N-ethyl adjacent to an activating group) is 1. The zero-order valence-corrected chi connectivity index (χ0v) is 20.1. The zero-order valence-electron chi connectivity index (χ0n) is 20.1. The zero-order chi connectivity index (χ0) is 24.7. The maximum atomic E-state index is 12.9. The van der Waals surface area contributed by atoms with Gasteiger partial charge in [0.05, 0.1) is 42.8 Å². The summed E-state index contributed by atoms with van der Waals surface area (Å²) in [7, 11) is 1.99. The summed E-state index contributed by atoms with van der Waals surface area (Å²) >= 11 is 0. The summed E-state index contributed by atoms with van der Waals surface area (Å²) in [5.41, 5.74) is 2.13. The van der Waals surface area contributed by atoms with Crippen molar-refractivity contribution in [3.05, 3.63) is 47.3 Å². The molecule has 2 heterocycles. The number of nitrogens with zero attached hydrogens (tertiary/aromatic N) is 5. The first-order valence-electron chi connectivity index (χ1n) is 11.7. The number of carboxylic acid groups (broad SMARTS) is 1. The molecule has 0 unspecified atom stereocenters. The van der Waals surface area contributed by atoms with Crippen LogP contribution in [0.2, 0.25) is 0 Å². The van der Waals surface area contributed by atoms with Crippen LogP contribution in [0.15, 0.2) is 30.5 Å². The molecule has 3 atom stereocenters. The van der Waals surface area contributed by atoms with E-state index in [1.165, 1.54) is 0 Å². The van der Waals surface area contributed by atoms with Crippen LogP contribution in [0.25, 0.3) is 0 Å². The number of amides is 1. The van der Waals surface area contributed by atoms with Gasteiger partial charge in [0.2, 0.25) is 5.91 Å². The first kappa shape index (κ1) is 25.8. The Balaban J connectivity index is 1.75. The average Bonchev–Trinajstić information content (AvgIpc) is 3.26. The summed E-state index contributed by atoms with van der Waals surface area (Å²) < 4.78 is 8.13. The molecule has 34 heavy (non-hydrogen) atoms. The van der Waals surface area contributed by atoms with E-state index in [1.54, 1.807) is 27.9 Å². The Hall–Kier alpha value is -2.82. The summed E-state index contributed by atoms with van der Waals surface area (Å²) in [6.07, 6.45) is 2.54. The van der Waals surface area contributed by atoms with Crippen LogP contribution < -0.4 is 0 Å². The molecule has 1 aliphatic rings. The third kappa shape index (κ3) is 6.85. The quantitative estimate of drug-likeness (QED) is 0.623. The predicted octanol–water partition coefficient (Wildman–Crippen LogP) is 1.63. The highest BCUT2D eigenvalue weighted by Crippen LogP contribution is 2.19. The second-order valence-corrected chi connectivity index (χ2v) is 9.16. The van der Waals surface area contributed by atoms with Crippen LogP contribution in [-0.2, 0) is 29.2 Å². The van der Waals surface area contributed by atoms with Crippen LogP contribution in [0.5, 0.6) is 0 Å². The molecule has 2 aromatic rings. The molecule has 0 spiro atoms. The Morgan fingerprint density at radius 3 is 2.74 bits per heavy atom. The van der Waals surface area contributed by atoms with E-state index in [1.807, 2.05) is 26.1 Å². The smallest absolute Gasteiger partial charge is 0.335 e. The molecular formula is C24H35N5O5. The first-order valence-corrected chi connectivity index (χ1v) is 11.7. The van der Waals surface area contributed by atoms with Crippen molar-refractivity contribution >= 4 is 11.9 Å². The van der Waals surface area contributed by atoms with Crippen molar-refractivity contribution in [1.82, 2.24) is 24.8 Å². The molecule has 0 aliphatic carbocycles. The van der Waals surface area contributed by atoms with E-state index in [4.69, 9.17) is 9.84 Å². The van der Waals surface area contributed by atoms with Crippen LogP contribution in [0.4, 0.5) is 0 Å². The van der Waals surface area contributed by atoms with Crippen LogP contribution in [0.1, 0.15) is 48.3 Å². The fraction of sp³-hybridized carbons (Fsp3) is 0.583. The van der Waals surface area contributed by atoms with Crippen LogP contribution in [-0.4, -0.2) is 85.8 Å². The van der Waals surface area contributed by atoms with Crippen molar-refractivity contribution in [2.45, 2.75) is 58.5 Å². The van der Waals surface area contributed by atoms with Gasteiger partial charge >= 0.3 is 5.97 Å². The lowest BCUT2D eigenvalue weighted by Gasteiger charge is -2.35. The van der Waals surface area contributed by atoms with Gasteiger partial charge in [-0.3, -0.25) is 9.69 Å². The molecule has 0 saturated carbocycles. The van der Waals surface area contributed by atoms with Crippen LogP contribution >= 0.6 is 0 Å². The molecule has 2 N–H and O–H groups in total. The number of ether oxygens (including phenoxy) is 1. The number of hydrogen-bond acceptors (Lipinski definition) is 7. The summed E-state index contributed by atoms with van der Waals surface area (Å²) in [4.78, 5) is 27.9. The highest BCUT2D eigenvalue weighted by molar-refractivity contribution is 5.87. The summed E-state index contributed by atoms with van der Waals surface area (Å²) in [6, 6.07) is 6.58. The Kier molecular flexibility index (Phi) is 9.14. The molecule has 0 saturated heterocycles. The lowest BCUT2D eigenvalue weighted by atomic mass is 10.0. The van der Waals surface area contributed by atoms with Gasteiger partial charge in [0.15, 0.2) is 0 Å².